The lowest BCUT2D eigenvalue weighted by atomic mass is 9.85. The molecule has 0 aliphatic carbocycles. The van der Waals surface area contributed by atoms with Gasteiger partial charge in [-0.15, -0.1) is 0 Å². The maximum Gasteiger partial charge on any atom is 0.256 e. The van der Waals surface area contributed by atoms with Crippen LogP contribution in [0.2, 0.25) is 0 Å². The Bertz CT molecular complexity index is 1020. The molecule has 0 radical (unpaired) electrons. The number of benzene rings is 3. The van der Waals surface area contributed by atoms with Crippen molar-refractivity contribution in [2.75, 3.05) is 11.9 Å². The lowest BCUT2D eigenvalue weighted by Gasteiger charge is -2.20. The van der Waals surface area contributed by atoms with E-state index < -0.39 is 6.04 Å². The number of nitrogens with zero attached hydrogens (tertiary/aromatic N) is 2. The van der Waals surface area contributed by atoms with Crippen molar-refractivity contribution < 1.29 is 4.79 Å². The third-order valence-corrected chi connectivity index (χ3v) is 5.47. The highest BCUT2D eigenvalue weighted by Gasteiger charge is 2.36. The van der Waals surface area contributed by atoms with Gasteiger partial charge in [-0.25, -0.2) is 0 Å². The van der Waals surface area contributed by atoms with E-state index in [0.717, 1.165) is 28.1 Å². The number of carbonyl (C=O) groups excluding carboxylic acids is 1. The maximum absolute atomic E-state index is 13.1. The Morgan fingerprint density at radius 1 is 0.862 bits per heavy atom. The molecule has 0 fully saturated rings. The largest absolute Gasteiger partial charge is 0.313 e. The van der Waals surface area contributed by atoms with Crippen LogP contribution < -0.4 is 4.90 Å². The molecule has 4 rings (SSSR count). The molecule has 3 nitrogen and oxygen atoms in total. The fourth-order valence-electron chi connectivity index (χ4n) is 3.74. The smallest absolute Gasteiger partial charge is 0.256 e. The minimum Gasteiger partial charge on any atom is -0.313 e. The Labute approximate surface area is 172 Å². The van der Waals surface area contributed by atoms with Gasteiger partial charge in [-0.3, -0.25) is 9.79 Å². The third-order valence-electron chi connectivity index (χ3n) is 5.47. The van der Waals surface area contributed by atoms with Gasteiger partial charge in [0.25, 0.3) is 5.91 Å². The molecule has 1 unspecified atom stereocenters. The van der Waals surface area contributed by atoms with E-state index in [1.54, 1.807) is 4.90 Å². The van der Waals surface area contributed by atoms with Crippen LogP contribution in [0, 0.1) is 0 Å². The number of likely N-dealkylation sites (N-methyl/N-ethyl adjacent to an activating group) is 1. The molecular weight excluding hydrogens is 356 g/mol. The van der Waals surface area contributed by atoms with Crippen LogP contribution in [0.1, 0.15) is 49.1 Å². The van der Waals surface area contributed by atoms with Gasteiger partial charge < -0.3 is 4.90 Å². The molecule has 0 saturated carbocycles. The first kappa shape index (κ1) is 19.1. The van der Waals surface area contributed by atoms with Gasteiger partial charge in [-0.05, 0) is 17.0 Å². The van der Waals surface area contributed by atoms with Crippen LogP contribution in [-0.2, 0) is 10.2 Å². The molecule has 1 heterocycles. The van der Waals surface area contributed by atoms with Crippen molar-refractivity contribution in [2.24, 2.45) is 4.99 Å². The molecule has 3 aromatic rings. The molecule has 1 aliphatic rings. The Morgan fingerprint density at radius 2 is 1.41 bits per heavy atom. The second-order valence-corrected chi connectivity index (χ2v) is 8.53. The summed E-state index contributed by atoms with van der Waals surface area (Å²) in [4.78, 5) is 19.9. The fourth-order valence-corrected chi connectivity index (χ4v) is 3.74. The zero-order chi connectivity index (χ0) is 20.6. The Hall–Kier alpha value is -3.20. The van der Waals surface area contributed by atoms with Crippen LogP contribution in [-0.4, -0.2) is 18.7 Å². The summed E-state index contributed by atoms with van der Waals surface area (Å²) < 4.78 is 0. The SMILES string of the molecule is CN1C(=O)C(N=C(c2ccccc2)c2ccccc2)c2cc(C(C)(C)C)ccc21. The molecule has 0 saturated heterocycles. The molecule has 3 aromatic carbocycles. The number of carbonyl (C=O) groups is 1. The molecule has 0 aromatic heterocycles. The Morgan fingerprint density at radius 3 is 1.93 bits per heavy atom. The predicted octanol–water partition coefficient (Wildman–Crippen LogP) is 5.54. The summed E-state index contributed by atoms with van der Waals surface area (Å²) >= 11 is 0. The fraction of sp³-hybridized carbons (Fsp3) is 0.231. The number of amides is 1. The van der Waals surface area contributed by atoms with Gasteiger partial charge in [-0.1, -0.05) is 93.6 Å². The average Bonchev–Trinajstić information content (AvgIpc) is 2.96. The van der Waals surface area contributed by atoms with Crippen molar-refractivity contribution in [1.82, 2.24) is 0 Å². The molecule has 1 amide bonds. The molecule has 146 valence electrons. The minimum atomic E-state index is -0.535. The van der Waals surface area contributed by atoms with Gasteiger partial charge in [0.05, 0.1) is 5.71 Å². The van der Waals surface area contributed by atoms with Gasteiger partial charge >= 0.3 is 0 Å². The monoisotopic (exact) mass is 382 g/mol. The topological polar surface area (TPSA) is 32.7 Å². The van der Waals surface area contributed by atoms with E-state index in [-0.39, 0.29) is 11.3 Å². The van der Waals surface area contributed by atoms with Crippen molar-refractivity contribution in [2.45, 2.75) is 32.2 Å². The van der Waals surface area contributed by atoms with E-state index in [0.29, 0.717) is 0 Å². The molecule has 1 atom stereocenters. The van der Waals surface area contributed by atoms with E-state index in [9.17, 15) is 4.79 Å². The normalized spacial score (nSPS) is 15.9. The zero-order valence-electron chi connectivity index (χ0n) is 17.4. The van der Waals surface area contributed by atoms with Crippen LogP contribution in [0.15, 0.2) is 83.9 Å². The molecule has 0 N–H and O–H groups in total. The standard InChI is InChI=1S/C26H26N2O/c1-26(2,3)20-15-16-22-21(17-20)24(25(29)28(22)4)27-23(18-11-7-5-8-12-18)19-13-9-6-10-14-19/h5-17,24H,1-4H3. The van der Waals surface area contributed by atoms with E-state index in [1.807, 2.05) is 73.8 Å². The summed E-state index contributed by atoms with van der Waals surface area (Å²) in [6.07, 6.45) is 0. The first-order chi connectivity index (χ1) is 13.9. The first-order valence-corrected chi connectivity index (χ1v) is 9.97. The quantitative estimate of drug-likeness (QED) is 0.548. The molecular formula is C26H26N2O. The molecule has 1 aliphatic heterocycles. The summed E-state index contributed by atoms with van der Waals surface area (Å²) in [5.41, 5.74) is 6.00. The van der Waals surface area contributed by atoms with Crippen LogP contribution in [0.5, 0.6) is 0 Å². The van der Waals surface area contributed by atoms with Crippen molar-refractivity contribution in [3.8, 4) is 0 Å². The maximum atomic E-state index is 13.1. The van der Waals surface area contributed by atoms with Crippen LogP contribution in [0.4, 0.5) is 5.69 Å². The van der Waals surface area contributed by atoms with Gasteiger partial charge in [-0.2, -0.15) is 0 Å². The van der Waals surface area contributed by atoms with Gasteiger partial charge in [0.1, 0.15) is 0 Å². The van der Waals surface area contributed by atoms with Crippen molar-refractivity contribution in [3.05, 3.63) is 101 Å². The molecule has 0 spiro atoms. The molecule has 0 bridgehead atoms. The van der Waals surface area contributed by atoms with Gasteiger partial charge in [0.15, 0.2) is 6.04 Å². The lowest BCUT2D eigenvalue weighted by Crippen LogP contribution is -2.24. The third kappa shape index (κ3) is 3.61. The summed E-state index contributed by atoms with van der Waals surface area (Å²) in [6, 6.07) is 25.9. The summed E-state index contributed by atoms with van der Waals surface area (Å²) in [5.74, 6) is 0.00965. The number of hydrogen-bond acceptors (Lipinski definition) is 2. The van der Waals surface area contributed by atoms with Crippen LogP contribution in [0.25, 0.3) is 0 Å². The van der Waals surface area contributed by atoms with Gasteiger partial charge in [0.2, 0.25) is 0 Å². The highest BCUT2D eigenvalue weighted by atomic mass is 16.2. The van der Waals surface area contributed by atoms with E-state index in [2.05, 4.69) is 32.9 Å². The predicted molar refractivity (Wildman–Crippen MR) is 120 cm³/mol. The first-order valence-electron chi connectivity index (χ1n) is 9.97. The second kappa shape index (κ2) is 7.32. The number of rotatable bonds is 3. The average molecular weight is 383 g/mol. The van der Waals surface area contributed by atoms with Crippen LogP contribution in [0.3, 0.4) is 0 Å². The lowest BCUT2D eigenvalue weighted by molar-refractivity contribution is -0.118. The number of aliphatic imine (C=N–C) groups is 1. The Kier molecular flexibility index (Phi) is 4.83. The summed E-state index contributed by atoms with van der Waals surface area (Å²) in [5, 5.41) is 0. The minimum absolute atomic E-state index is 0.00912. The summed E-state index contributed by atoms with van der Waals surface area (Å²) in [7, 11) is 1.83. The molecule has 29 heavy (non-hydrogen) atoms. The van der Waals surface area contributed by atoms with E-state index in [1.165, 1.54) is 5.56 Å². The molecule has 3 heteroatoms. The van der Waals surface area contributed by atoms with Crippen molar-refractivity contribution in [1.29, 1.82) is 0 Å². The van der Waals surface area contributed by atoms with Crippen molar-refractivity contribution in [3.63, 3.8) is 0 Å². The highest BCUT2D eigenvalue weighted by molar-refractivity contribution is 6.15. The van der Waals surface area contributed by atoms with E-state index in [4.69, 9.17) is 4.99 Å². The second-order valence-electron chi connectivity index (χ2n) is 8.53. The number of anilines is 1. The summed E-state index contributed by atoms with van der Waals surface area (Å²) in [6.45, 7) is 6.56. The Balaban J connectivity index is 1.89. The van der Waals surface area contributed by atoms with E-state index >= 15 is 0 Å². The van der Waals surface area contributed by atoms with Gasteiger partial charge in [0, 0.05) is 29.4 Å². The number of hydrogen-bond donors (Lipinski definition) is 0. The number of fused-ring (bicyclic) bond motifs is 1. The highest BCUT2D eigenvalue weighted by Crippen LogP contribution is 2.40. The van der Waals surface area contributed by atoms with Crippen LogP contribution >= 0.6 is 0 Å². The van der Waals surface area contributed by atoms with Crippen molar-refractivity contribution >= 4 is 17.3 Å². The zero-order valence-corrected chi connectivity index (χ0v) is 17.4.